The first-order valence-corrected chi connectivity index (χ1v) is 14.9. The highest BCUT2D eigenvalue weighted by atomic mass is 16.6. The van der Waals surface area contributed by atoms with Gasteiger partial charge in [0, 0.05) is 45.8 Å². The molecule has 4 amide bonds. The molecule has 3 aliphatic rings. The highest BCUT2D eigenvalue weighted by Crippen LogP contribution is 2.21. The quantitative estimate of drug-likeness (QED) is 0.575. The fourth-order valence-electron chi connectivity index (χ4n) is 5.10. The van der Waals surface area contributed by atoms with Crippen LogP contribution in [-0.4, -0.2) is 114 Å². The topological polar surface area (TPSA) is 112 Å². The Labute approximate surface area is 250 Å². The molecule has 4 rings (SSSR count). The largest absolute Gasteiger partial charge is 0.444 e. The number of carbonyl (C=O) groups is 4. The van der Waals surface area contributed by atoms with Crippen molar-refractivity contribution in [3.63, 3.8) is 0 Å². The summed E-state index contributed by atoms with van der Waals surface area (Å²) < 4.78 is 10.5. The van der Waals surface area contributed by atoms with Gasteiger partial charge in [0.25, 0.3) is 0 Å². The van der Waals surface area contributed by atoms with E-state index >= 15 is 0 Å². The van der Waals surface area contributed by atoms with Gasteiger partial charge in [-0.15, -0.1) is 0 Å². The number of nitrogens with one attached hydrogen (secondary N) is 1. The van der Waals surface area contributed by atoms with E-state index in [0.717, 1.165) is 32.6 Å². The molecule has 1 aromatic carbocycles. The van der Waals surface area contributed by atoms with Crippen molar-refractivity contribution in [2.75, 3.05) is 58.9 Å². The van der Waals surface area contributed by atoms with Gasteiger partial charge in [0.1, 0.15) is 24.3 Å². The lowest BCUT2D eigenvalue weighted by atomic mass is 9.96. The summed E-state index contributed by atoms with van der Waals surface area (Å²) in [7, 11) is 0. The van der Waals surface area contributed by atoms with E-state index in [-0.39, 0.29) is 24.9 Å². The Morgan fingerprint density at radius 2 is 1.48 bits per heavy atom. The number of piperidine rings is 1. The fraction of sp³-hybridized carbons (Fsp3) is 0.677. The van der Waals surface area contributed by atoms with E-state index in [4.69, 9.17) is 9.47 Å². The maximum atomic E-state index is 12.6. The SMILES string of the molecule is CC(C)(C)OC(=O)N1CCN(CC2CCCN(Cc3ccccc3)C2)C(=O)C1.CC(C)(C)OC(=O)N1CCNC(=O)C1. The number of hydrogen-bond donors (Lipinski definition) is 1. The van der Waals surface area contributed by atoms with Crippen molar-refractivity contribution in [2.45, 2.75) is 72.1 Å². The molecule has 11 heteroatoms. The molecular weight excluding hydrogens is 538 g/mol. The third kappa shape index (κ3) is 11.5. The minimum atomic E-state index is -0.540. The van der Waals surface area contributed by atoms with E-state index in [2.05, 4.69) is 34.5 Å². The zero-order chi connectivity index (χ0) is 30.9. The van der Waals surface area contributed by atoms with Crippen molar-refractivity contribution < 1.29 is 28.7 Å². The summed E-state index contributed by atoms with van der Waals surface area (Å²) in [6.07, 6.45) is 1.51. The van der Waals surface area contributed by atoms with Crippen molar-refractivity contribution in [3.8, 4) is 0 Å². The number of ether oxygens (including phenoxy) is 2. The molecule has 42 heavy (non-hydrogen) atoms. The van der Waals surface area contributed by atoms with Crippen LogP contribution in [0.2, 0.25) is 0 Å². The second-order valence-corrected chi connectivity index (χ2v) is 13.2. The van der Waals surface area contributed by atoms with Gasteiger partial charge in [0.05, 0.1) is 0 Å². The van der Waals surface area contributed by atoms with Crippen LogP contribution < -0.4 is 5.32 Å². The number of likely N-dealkylation sites (tertiary alicyclic amines) is 1. The Kier molecular flexibility index (Phi) is 11.6. The molecule has 1 unspecified atom stereocenters. The Morgan fingerprint density at radius 1 is 0.857 bits per heavy atom. The number of piperazine rings is 2. The van der Waals surface area contributed by atoms with Gasteiger partial charge >= 0.3 is 12.2 Å². The predicted octanol–water partition coefficient (Wildman–Crippen LogP) is 3.33. The Hall–Kier alpha value is -3.34. The van der Waals surface area contributed by atoms with E-state index in [1.165, 1.54) is 21.8 Å². The minimum Gasteiger partial charge on any atom is -0.444 e. The molecule has 3 fully saturated rings. The lowest BCUT2D eigenvalue weighted by Gasteiger charge is -2.39. The molecule has 0 aromatic heterocycles. The van der Waals surface area contributed by atoms with E-state index in [0.29, 0.717) is 32.1 Å². The summed E-state index contributed by atoms with van der Waals surface area (Å²) in [4.78, 5) is 54.6. The van der Waals surface area contributed by atoms with Gasteiger partial charge in [-0.1, -0.05) is 30.3 Å². The first kappa shape index (κ1) is 33.2. The van der Waals surface area contributed by atoms with Gasteiger partial charge in [0.2, 0.25) is 11.8 Å². The Morgan fingerprint density at radius 3 is 2.05 bits per heavy atom. The Balaban J connectivity index is 0.000000291. The molecule has 3 saturated heterocycles. The average molecular weight is 588 g/mol. The monoisotopic (exact) mass is 587 g/mol. The van der Waals surface area contributed by atoms with Gasteiger partial charge in [-0.2, -0.15) is 0 Å². The lowest BCUT2D eigenvalue weighted by molar-refractivity contribution is -0.136. The molecule has 3 heterocycles. The maximum Gasteiger partial charge on any atom is 0.410 e. The number of rotatable bonds is 4. The van der Waals surface area contributed by atoms with Gasteiger partial charge in [-0.25, -0.2) is 9.59 Å². The van der Waals surface area contributed by atoms with Crippen molar-refractivity contribution in [1.82, 2.24) is 24.9 Å². The fourth-order valence-corrected chi connectivity index (χ4v) is 5.10. The van der Waals surface area contributed by atoms with Crippen LogP contribution in [0.25, 0.3) is 0 Å². The van der Waals surface area contributed by atoms with E-state index in [9.17, 15) is 19.2 Å². The first-order chi connectivity index (χ1) is 19.7. The smallest absolute Gasteiger partial charge is 0.410 e. The average Bonchev–Trinajstić information content (AvgIpc) is 2.89. The Bertz CT molecular complexity index is 1070. The molecule has 0 bridgehead atoms. The predicted molar refractivity (Wildman–Crippen MR) is 160 cm³/mol. The molecule has 1 atom stereocenters. The molecule has 11 nitrogen and oxygen atoms in total. The van der Waals surface area contributed by atoms with Crippen molar-refractivity contribution >= 4 is 24.0 Å². The molecule has 234 valence electrons. The molecule has 0 aliphatic carbocycles. The van der Waals surface area contributed by atoms with Gasteiger partial charge in [0.15, 0.2) is 0 Å². The zero-order valence-corrected chi connectivity index (χ0v) is 26.2. The third-order valence-corrected chi connectivity index (χ3v) is 6.99. The highest BCUT2D eigenvalue weighted by molar-refractivity contribution is 5.84. The minimum absolute atomic E-state index is 0.0253. The second kappa shape index (κ2) is 14.7. The van der Waals surface area contributed by atoms with Crippen molar-refractivity contribution in [3.05, 3.63) is 35.9 Å². The molecule has 0 spiro atoms. The van der Waals surface area contributed by atoms with Crippen LogP contribution in [0.15, 0.2) is 30.3 Å². The van der Waals surface area contributed by atoms with E-state index in [1.807, 2.05) is 31.7 Å². The van der Waals surface area contributed by atoms with Crippen LogP contribution >= 0.6 is 0 Å². The van der Waals surface area contributed by atoms with Crippen LogP contribution in [0, 0.1) is 5.92 Å². The number of benzene rings is 1. The summed E-state index contributed by atoms with van der Waals surface area (Å²) in [6.45, 7) is 17.2. The maximum absolute atomic E-state index is 12.6. The van der Waals surface area contributed by atoms with E-state index in [1.54, 1.807) is 20.8 Å². The standard InChI is InChI=1S/C22H33N3O3.C9H16N2O3/c1-22(2,3)28-21(27)25-13-12-24(20(26)17-25)16-19-10-7-11-23(15-19)14-18-8-5-4-6-9-18;1-9(2,3)14-8(13)11-5-4-10-7(12)6-11/h4-6,8-9,19H,7,10-17H2,1-3H3;4-6H2,1-3H3,(H,10,12). The number of hydrogen-bond acceptors (Lipinski definition) is 7. The van der Waals surface area contributed by atoms with Crippen molar-refractivity contribution in [2.24, 2.45) is 5.92 Å². The van der Waals surface area contributed by atoms with Crippen LogP contribution in [0.5, 0.6) is 0 Å². The first-order valence-electron chi connectivity index (χ1n) is 14.9. The van der Waals surface area contributed by atoms with Gasteiger partial charge in [-0.05, 0) is 72.4 Å². The zero-order valence-electron chi connectivity index (χ0n) is 26.2. The number of carbonyl (C=O) groups excluding carboxylic acids is 4. The van der Waals surface area contributed by atoms with Crippen LogP contribution in [0.4, 0.5) is 9.59 Å². The lowest BCUT2D eigenvalue weighted by Crippen LogP contribution is -2.55. The summed E-state index contributed by atoms with van der Waals surface area (Å²) in [5.41, 5.74) is 0.289. The molecular formula is C31H49N5O6. The van der Waals surface area contributed by atoms with E-state index < -0.39 is 23.4 Å². The van der Waals surface area contributed by atoms with Crippen LogP contribution in [-0.2, 0) is 25.6 Å². The third-order valence-electron chi connectivity index (χ3n) is 6.99. The molecule has 1 aromatic rings. The second-order valence-electron chi connectivity index (χ2n) is 13.2. The normalized spacial score (nSPS) is 20.3. The van der Waals surface area contributed by atoms with Gasteiger partial charge in [-0.3, -0.25) is 24.3 Å². The highest BCUT2D eigenvalue weighted by Gasteiger charge is 2.32. The molecule has 1 N–H and O–H groups in total. The summed E-state index contributed by atoms with van der Waals surface area (Å²) in [5.74, 6) is 0.383. The summed E-state index contributed by atoms with van der Waals surface area (Å²) in [6, 6.07) is 10.6. The number of nitrogens with zero attached hydrogens (tertiary/aromatic N) is 4. The molecule has 0 saturated carbocycles. The van der Waals surface area contributed by atoms with Crippen molar-refractivity contribution in [1.29, 1.82) is 0 Å². The number of amides is 4. The van der Waals surface area contributed by atoms with Crippen LogP contribution in [0.3, 0.4) is 0 Å². The van der Waals surface area contributed by atoms with Crippen LogP contribution in [0.1, 0.15) is 59.9 Å². The molecule has 3 aliphatic heterocycles. The summed E-state index contributed by atoms with van der Waals surface area (Å²) >= 11 is 0. The summed E-state index contributed by atoms with van der Waals surface area (Å²) in [5, 5.41) is 2.64. The molecule has 0 radical (unpaired) electrons. The van der Waals surface area contributed by atoms with Gasteiger partial charge < -0.3 is 19.7 Å².